The van der Waals surface area contributed by atoms with Crippen LogP contribution in [-0.2, 0) is 25.9 Å². The van der Waals surface area contributed by atoms with Crippen LogP contribution in [0.1, 0.15) is 36.8 Å². The SMILES string of the molecule is Cc1ccccc1CN1CCC(NC(=O)C2(S(C)(=O)=O)CCOCC2)CC1. The molecule has 2 aliphatic rings. The van der Waals surface area contributed by atoms with E-state index in [9.17, 15) is 13.2 Å². The third-order valence-corrected chi connectivity index (χ3v) is 8.02. The maximum atomic E-state index is 12.9. The van der Waals surface area contributed by atoms with E-state index < -0.39 is 14.6 Å². The molecule has 3 rings (SSSR count). The number of hydrogen-bond donors (Lipinski definition) is 1. The zero-order chi connectivity index (χ0) is 19.5. The van der Waals surface area contributed by atoms with E-state index in [1.165, 1.54) is 17.4 Å². The number of hydrogen-bond acceptors (Lipinski definition) is 5. The fraction of sp³-hybridized carbons (Fsp3) is 0.650. The van der Waals surface area contributed by atoms with Crippen LogP contribution in [0.5, 0.6) is 0 Å². The van der Waals surface area contributed by atoms with Crippen molar-refractivity contribution in [2.24, 2.45) is 0 Å². The number of nitrogens with zero attached hydrogens (tertiary/aromatic N) is 1. The van der Waals surface area contributed by atoms with Crippen LogP contribution in [0, 0.1) is 6.92 Å². The molecular formula is C20H30N2O4S. The Balaban J connectivity index is 1.57. The summed E-state index contributed by atoms with van der Waals surface area (Å²) in [6.45, 7) is 5.46. The van der Waals surface area contributed by atoms with Gasteiger partial charge in [-0.25, -0.2) is 8.42 Å². The van der Waals surface area contributed by atoms with Crippen LogP contribution < -0.4 is 5.32 Å². The predicted octanol–water partition coefficient (Wildman–Crippen LogP) is 1.67. The van der Waals surface area contributed by atoms with Crippen molar-refractivity contribution >= 4 is 15.7 Å². The molecule has 1 aromatic rings. The van der Waals surface area contributed by atoms with Crippen molar-refractivity contribution < 1.29 is 17.9 Å². The molecule has 27 heavy (non-hydrogen) atoms. The normalized spacial score (nSPS) is 21.7. The Morgan fingerprint density at radius 2 is 1.85 bits per heavy atom. The molecule has 0 unspecified atom stereocenters. The molecule has 0 bridgehead atoms. The molecule has 1 amide bonds. The number of sulfone groups is 1. The number of benzene rings is 1. The monoisotopic (exact) mass is 394 g/mol. The zero-order valence-electron chi connectivity index (χ0n) is 16.2. The predicted molar refractivity (Wildman–Crippen MR) is 105 cm³/mol. The summed E-state index contributed by atoms with van der Waals surface area (Å²) in [4.78, 5) is 15.3. The number of rotatable bonds is 5. The van der Waals surface area contributed by atoms with Crippen LogP contribution in [0.3, 0.4) is 0 Å². The summed E-state index contributed by atoms with van der Waals surface area (Å²) in [6, 6.07) is 8.43. The summed E-state index contributed by atoms with van der Waals surface area (Å²) in [5.41, 5.74) is 2.63. The second kappa shape index (κ2) is 8.29. The topological polar surface area (TPSA) is 75.7 Å². The summed E-state index contributed by atoms with van der Waals surface area (Å²) in [5.74, 6) is -0.342. The largest absolute Gasteiger partial charge is 0.381 e. The summed E-state index contributed by atoms with van der Waals surface area (Å²) < 4.78 is 28.7. The average molecular weight is 395 g/mol. The van der Waals surface area contributed by atoms with Crippen LogP contribution in [0.25, 0.3) is 0 Å². The lowest BCUT2D eigenvalue weighted by atomic mass is 9.96. The number of likely N-dealkylation sites (tertiary alicyclic amines) is 1. The Kier molecular flexibility index (Phi) is 6.23. The van der Waals surface area contributed by atoms with Gasteiger partial charge in [-0.05, 0) is 43.7 Å². The number of nitrogens with one attached hydrogen (secondary N) is 1. The number of carbonyl (C=O) groups excluding carboxylic acids is 1. The van der Waals surface area contributed by atoms with Crippen molar-refractivity contribution in [1.82, 2.24) is 10.2 Å². The van der Waals surface area contributed by atoms with E-state index in [4.69, 9.17) is 4.74 Å². The molecule has 150 valence electrons. The van der Waals surface area contributed by atoms with Gasteiger partial charge < -0.3 is 10.1 Å². The van der Waals surface area contributed by atoms with Gasteiger partial charge in [-0.3, -0.25) is 9.69 Å². The van der Waals surface area contributed by atoms with Crippen molar-refractivity contribution in [3.63, 3.8) is 0 Å². The van der Waals surface area contributed by atoms with E-state index in [0.29, 0.717) is 13.2 Å². The van der Waals surface area contributed by atoms with Gasteiger partial charge in [0.15, 0.2) is 14.6 Å². The van der Waals surface area contributed by atoms with Gasteiger partial charge in [0, 0.05) is 45.1 Å². The molecule has 0 aromatic heterocycles. The van der Waals surface area contributed by atoms with Gasteiger partial charge in [-0.15, -0.1) is 0 Å². The van der Waals surface area contributed by atoms with E-state index in [2.05, 4.69) is 41.4 Å². The fourth-order valence-corrected chi connectivity index (χ4v) is 5.35. The van der Waals surface area contributed by atoms with E-state index in [0.717, 1.165) is 32.5 Å². The van der Waals surface area contributed by atoms with Crippen molar-refractivity contribution in [3.8, 4) is 0 Å². The molecule has 2 fully saturated rings. The summed E-state index contributed by atoms with van der Waals surface area (Å²) in [7, 11) is -3.50. The standard InChI is InChI=1S/C20H30N2O4S/c1-16-5-3-4-6-17(16)15-22-11-7-18(8-12-22)21-19(23)20(27(2,24)25)9-13-26-14-10-20/h3-6,18H,7-15H2,1-2H3,(H,21,23). The Bertz CT molecular complexity index is 764. The van der Waals surface area contributed by atoms with Crippen molar-refractivity contribution in [2.75, 3.05) is 32.6 Å². The van der Waals surface area contributed by atoms with Gasteiger partial charge in [0.05, 0.1) is 0 Å². The first-order chi connectivity index (χ1) is 12.8. The van der Waals surface area contributed by atoms with E-state index in [-0.39, 0.29) is 24.8 Å². The highest BCUT2D eigenvalue weighted by atomic mass is 32.2. The van der Waals surface area contributed by atoms with Crippen LogP contribution in [0.15, 0.2) is 24.3 Å². The fourth-order valence-electron chi connectivity index (χ4n) is 4.05. The van der Waals surface area contributed by atoms with Crippen molar-refractivity contribution in [3.05, 3.63) is 35.4 Å². The Morgan fingerprint density at radius 1 is 1.22 bits per heavy atom. The molecule has 0 aliphatic carbocycles. The van der Waals surface area contributed by atoms with Gasteiger partial charge in [0.1, 0.15) is 0 Å². The number of carbonyl (C=O) groups is 1. The van der Waals surface area contributed by atoms with Gasteiger partial charge in [0.25, 0.3) is 0 Å². The third kappa shape index (κ3) is 4.52. The van der Waals surface area contributed by atoms with Gasteiger partial charge >= 0.3 is 0 Å². The highest BCUT2D eigenvalue weighted by molar-refractivity contribution is 7.92. The molecule has 7 heteroatoms. The summed E-state index contributed by atoms with van der Waals surface area (Å²) >= 11 is 0. The van der Waals surface area contributed by atoms with E-state index >= 15 is 0 Å². The highest BCUT2D eigenvalue weighted by Crippen LogP contribution is 2.30. The maximum absolute atomic E-state index is 12.9. The first-order valence-corrected chi connectivity index (χ1v) is 11.6. The second-order valence-electron chi connectivity index (χ2n) is 7.83. The summed E-state index contributed by atoms with van der Waals surface area (Å²) in [6.07, 6.45) is 3.33. The first-order valence-electron chi connectivity index (χ1n) is 9.67. The van der Waals surface area contributed by atoms with Crippen LogP contribution in [-0.4, -0.2) is 62.6 Å². The zero-order valence-corrected chi connectivity index (χ0v) is 17.1. The van der Waals surface area contributed by atoms with Gasteiger partial charge in [-0.1, -0.05) is 24.3 Å². The molecular weight excluding hydrogens is 364 g/mol. The summed E-state index contributed by atoms with van der Waals surface area (Å²) in [5, 5.41) is 3.03. The lowest BCUT2D eigenvalue weighted by molar-refractivity contribution is -0.127. The molecule has 0 spiro atoms. The minimum Gasteiger partial charge on any atom is -0.381 e. The average Bonchev–Trinajstić information content (AvgIpc) is 2.65. The smallest absolute Gasteiger partial charge is 0.241 e. The molecule has 1 aromatic carbocycles. The molecule has 2 heterocycles. The molecule has 2 aliphatic heterocycles. The molecule has 2 saturated heterocycles. The Hall–Kier alpha value is -1.44. The minimum atomic E-state index is -3.50. The van der Waals surface area contributed by atoms with Crippen molar-refractivity contribution in [2.45, 2.75) is 49.9 Å². The molecule has 1 N–H and O–H groups in total. The van der Waals surface area contributed by atoms with E-state index in [1.54, 1.807) is 0 Å². The number of piperidine rings is 1. The molecule has 0 radical (unpaired) electrons. The second-order valence-corrected chi connectivity index (χ2v) is 10.2. The number of amides is 1. The number of ether oxygens (including phenoxy) is 1. The first kappa shape index (κ1) is 20.3. The lowest BCUT2D eigenvalue weighted by Crippen LogP contribution is -2.58. The van der Waals surface area contributed by atoms with Crippen molar-refractivity contribution in [1.29, 1.82) is 0 Å². The molecule has 6 nitrogen and oxygen atoms in total. The van der Waals surface area contributed by atoms with E-state index in [1.807, 2.05) is 0 Å². The van der Waals surface area contributed by atoms with Gasteiger partial charge in [0.2, 0.25) is 5.91 Å². The quantitative estimate of drug-likeness (QED) is 0.822. The minimum absolute atomic E-state index is 0.0343. The molecule has 0 saturated carbocycles. The number of aryl methyl sites for hydroxylation is 1. The van der Waals surface area contributed by atoms with Crippen LogP contribution in [0.2, 0.25) is 0 Å². The van der Waals surface area contributed by atoms with Gasteiger partial charge in [-0.2, -0.15) is 0 Å². The Morgan fingerprint density at radius 3 is 2.44 bits per heavy atom. The third-order valence-electron chi connectivity index (χ3n) is 6.00. The molecule has 0 atom stereocenters. The lowest BCUT2D eigenvalue weighted by Gasteiger charge is -2.37. The Labute approximate surface area is 162 Å². The van der Waals surface area contributed by atoms with Crippen LogP contribution in [0.4, 0.5) is 0 Å². The van der Waals surface area contributed by atoms with Crippen LogP contribution >= 0.6 is 0 Å². The highest BCUT2D eigenvalue weighted by Gasteiger charge is 2.49. The maximum Gasteiger partial charge on any atom is 0.241 e.